The summed E-state index contributed by atoms with van der Waals surface area (Å²) in [5, 5.41) is 8.04. The van der Waals surface area contributed by atoms with Gasteiger partial charge in [-0.25, -0.2) is 5.43 Å². The first-order valence-corrected chi connectivity index (χ1v) is 11.7. The van der Waals surface area contributed by atoms with Crippen LogP contribution in [0.2, 0.25) is 15.1 Å². The number of hydrogen-bond acceptors (Lipinski definition) is 5. The summed E-state index contributed by atoms with van der Waals surface area (Å²) in [6.45, 7) is 2.62. The highest BCUT2D eigenvalue weighted by atomic mass is 35.5. The molecule has 0 unspecified atom stereocenters. The fourth-order valence-corrected chi connectivity index (χ4v) is 3.55. The Bertz CT molecular complexity index is 1220. The van der Waals surface area contributed by atoms with Crippen molar-refractivity contribution in [1.82, 2.24) is 5.43 Å². The summed E-state index contributed by atoms with van der Waals surface area (Å²) in [5.41, 5.74) is 4.16. The number of rotatable bonds is 10. The van der Waals surface area contributed by atoms with E-state index >= 15 is 0 Å². The van der Waals surface area contributed by atoms with Gasteiger partial charge in [0, 0.05) is 31.9 Å². The van der Waals surface area contributed by atoms with Crippen LogP contribution in [0.4, 0.5) is 5.69 Å². The molecule has 0 aliphatic rings. The second-order valence-corrected chi connectivity index (χ2v) is 8.46. The predicted molar refractivity (Wildman–Crippen MR) is 139 cm³/mol. The fraction of sp³-hybridized carbons (Fsp3) is 0.160. The Labute approximate surface area is 218 Å². The summed E-state index contributed by atoms with van der Waals surface area (Å²) in [6.07, 6.45) is 0.978. The average Bonchev–Trinajstić information content (AvgIpc) is 2.81. The molecule has 0 spiro atoms. The number of carbonyl (C=O) groups excluding carboxylic acids is 2. The largest absolute Gasteiger partial charge is 0.494 e. The molecule has 3 aromatic rings. The number of ether oxygens (including phenoxy) is 2. The third-order valence-corrected chi connectivity index (χ3v) is 5.36. The van der Waals surface area contributed by atoms with Crippen molar-refractivity contribution < 1.29 is 19.1 Å². The first-order chi connectivity index (χ1) is 16.8. The van der Waals surface area contributed by atoms with Crippen LogP contribution in [0.3, 0.4) is 0 Å². The monoisotopic (exact) mass is 533 g/mol. The molecule has 3 aromatic carbocycles. The Balaban J connectivity index is 1.54. The minimum atomic E-state index is -0.581. The number of amides is 2. The minimum absolute atomic E-state index is 0.191. The van der Waals surface area contributed by atoms with Gasteiger partial charge in [0.15, 0.2) is 0 Å². The Hall–Kier alpha value is -3.26. The lowest BCUT2D eigenvalue weighted by Crippen LogP contribution is -2.24. The number of nitrogens with one attached hydrogen (secondary N) is 2. The second-order valence-electron chi connectivity index (χ2n) is 7.18. The van der Waals surface area contributed by atoms with Gasteiger partial charge in [-0.15, -0.1) is 0 Å². The van der Waals surface area contributed by atoms with Gasteiger partial charge in [0.2, 0.25) is 11.8 Å². The first kappa shape index (κ1) is 26.3. The number of hydrogen-bond donors (Lipinski definition) is 2. The number of anilines is 1. The van der Waals surface area contributed by atoms with Gasteiger partial charge >= 0.3 is 0 Å². The summed E-state index contributed by atoms with van der Waals surface area (Å²) in [6, 6.07) is 17.0. The lowest BCUT2D eigenvalue weighted by Gasteiger charge is -2.11. The molecule has 182 valence electrons. The molecule has 0 heterocycles. The predicted octanol–water partition coefficient (Wildman–Crippen LogP) is 6.10. The molecule has 0 saturated carbocycles. The van der Waals surface area contributed by atoms with Crippen molar-refractivity contribution in [2.75, 3.05) is 11.9 Å². The maximum absolute atomic E-state index is 12.1. The van der Waals surface area contributed by atoms with E-state index in [0.717, 1.165) is 5.56 Å². The minimum Gasteiger partial charge on any atom is -0.494 e. The van der Waals surface area contributed by atoms with Crippen LogP contribution in [0.5, 0.6) is 11.5 Å². The Morgan fingerprint density at radius 1 is 0.914 bits per heavy atom. The zero-order valence-electron chi connectivity index (χ0n) is 18.7. The van der Waals surface area contributed by atoms with Gasteiger partial charge in [-0.3, -0.25) is 9.59 Å². The number of halogens is 3. The molecule has 0 saturated heterocycles. The van der Waals surface area contributed by atoms with Crippen LogP contribution in [-0.4, -0.2) is 24.6 Å². The van der Waals surface area contributed by atoms with Crippen molar-refractivity contribution in [3.63, 3.8) is 0 Å². The molecule has 0 radical (unpaired) electrons. The molecule has 7 nitrogen and oxygen atoms in total. The van der Waals surface area contributed by atoms with Gasteiger partial charge in [0.1, 0.15) is 24.5 Å². The van der Waals surface area contributed by atoms with E-state index in [-0.39, 0.29) is 6.61 Å². The smallest absolute Gasteiger partial charge is 0.249 e. The first-order valence-electron chi connectivity index (χ1n) is 10.5. The third kappa shape index (κ3) is 8.47. The van der Waals surface area contributed by atoms with Gasteiger partial charge in [-0.2, -0.15) is 5.10 Å². The maximum atomic E-state index is 12.1. The second kappa shape index (κ2) is 13.0. The highest BCUT2D eigenvalue weighted by Crippen LogP contribution is 2.25. The molecule has 3 rings (SSSR count). The van der Waals surface area contributed by atoms with Crippen LogP contribution in [-0.2, 0) is 16.2 Å². The molecule has 10 heteroatoms. The molecular weight excluding hydrogens is 513 g/mol. The van der Waals surface area contributed by atoms with E-state index in [1.165, 1.54) is 6.21 Å². The molecule has 0 aromatic heterocycles. The molecule has 2 amide bonds. The number of hydrazone groups is 1. The summed E-state index contributed by atoms with van der Waals surface area (Å²) >= 11 is 18.2. The molecule has 0 bridgehead atoms. The van der Waals surface area contributed by atoms with Crippen LogP contribution < -0.4 is 20.2 Å². The van der Waals surface area contributed by atoms with Crippen molar-refractivity contribution in [2.24, 2.45) is 5.10 Å². The molecular formula is C25H22Cl3N3O4. The van der Waals surface area contributed by atoms with E-state index in [1.807, 2.05) is 6.92 Å². The maximum Gasteiger partial charge on any atom is 0.249 e. The van der Waals surface area contributed by atoms with Crippen LogP contribution in [0.15, 0.2) is 65.8 Å². The average molecular weight is 535 g/mol. The Kier molecular flexibility index (Phi) is 9.78. The van der Waals surface area contributed by atoms with E-state index in [0.29, 0.717) is 44.4 Å². The lowest BCUT2D eigenvalue weighted by molar-refractivity contribution is -0.126. The summed E-state index contributed by atoms with van der Waals surface area (Å²) < 4.78 is 11.2. The summed E-state index contributed by atoms with van der Waals surface area (Å²) in [7, 11) is 0. The lowest BCUT2D eigenvalue weighted by atomic mass is 10.2. The molecule has 2 N–H and O–H groups in total. The zero-order chi connectivity index (χ0) is 25.2. The van der Waals surface area contributed by atoms with Crippen LogP contribution >= 0.6 is 34.8 Å². The van der Waals surface area contributed by atoms with Gasteiger partial charge < -0.3 is 14.8 Å². The third-order valence-electron chi connectivity index (χ3n) is 4.53. The van der Waals surface area contributed by atoms with Crippen molar-refractivity contribution in [2.45, 2.75) is 20.0 Å². The Morgan fingerprint density at radius 2 is 1.63 bits per heavy atom. The SMILES string of the molecule is CCOc1ccc(NC(=O)CC(=O)NN=Cc2cc(Cl)ccc2OCc2ccc(Cl)cc2Cl)cc1. The standard InChI is InChI=1S/C25H22Cl3N3O4/c1-2-34-21-8-6-20(7-9-21)30-24(32)13-25(33)31-29-14-17-11-18(26)5-10-23(17)35-15-16-3-4-19(27)12-22(16)28/h3-12,14H,2,13,15H2,1H3,(H,30,32)(H,31,33). The van der Waals surface area contributed by atoms with Crippen molar-refractivity contribution >= 4 is 58.5 Å². The van der Waals surface area contributed by atoms with Crippen molar-refractivity contribution in [3.05, 3.63) is 86.9 Å². The van der Waals surface area contributed by atoms with Gasteiger partial charge in [-0.1, -0.05) is 40.9 Å². The van der Waals surface area contributed by atoms with Crippen LogP contribution in [0.25, 0.3) is 0 Å². The van der Waals surface area contributed by atoms with E-state index in [1.54, 1.807) is 60.7 Å². The summed E-state index contributed by atoms with van der Waals surface area (Å²) in [4.78, 5) is 24.2. The zero-order valence-corrected chi connectivity index (χ0v) is 21.0. The topological polar surface area (TPSA) is 89.0 Å². The molecule has 0 aliphatic carbocycles. The van der Waals surface area contributed by atoms with E-state index in [9.17, 15) is 9.59 Å². The van der Waals surface area contributed by atoms with Crippen LogP contribution in [0, 0.1) is 0 Å². The van der Waals surface area contributed by atoms with Gasteiger partial charge in [0.25, 0.3) is 0 Å². The molecule has 0 atom stereocenters. The van der Waals surface area contributed by atoms with Crippen LogP contribution in [0.1, 0.15) is 24.5 Å². The van der Waals surface area contributed by atoms with Gasteiger partial charge in [-0.05, 0) is 61.5 Å². The van der Waals surface area contributed by atoms with E-state index < -0.39 is 18.2 Å². The van der Waals surface area contributed by atoms with E-state index in [2.05, 4.69) is 15.8 Å². The van der Waals surface area contributed by atoms with E-state index in [4.69, 9.17) is 44.3 Å². The molecule has 0 aliphatic heterocycles. The normalized spacial score (nSPS) is 10.7. The number of benzene rings is 3. The van der Waals surface area contributed by atoms with Crippen molar-refractivity contribution in [1.29, 1.82) is 0 Å². The Morgan fingerprint density at radius 3 is 2.34 bits per heavy atom. The van der Waals surface area contributed by atoms with Gasteiger partial charge in [0.05, 0.1) is 12.8 Å². The summed E-state index contributed by atoms with van der Waals surface area (Å²) in [5.74, 6) is 0.112. The number of nitrogens with zero attached hydrogens (tertiary/aromatic N) is 1. The quantitative estimate of drug-likeness (QED) is 0.187. The highest BCUT2D eigenvalue weighted by Gasteiger charge is 2.10. The highest BCUT2D eigenvalue weighted by molar-refractivity contribution is 6.35. The molecule has 35 heavy (non-hydrogen) atoms. The van der Waals surface area contributed by atoms with Crippen molar-refractivity contribution in [3.8, 4) is 11.5 Å². The fourth-order valence-electron chi connectivity index (χ4n) is 2.91. The molecule has 0 fully saturated rings. The number of carbonyl (C=O) groups is 2.